The summed E-state index contributed by atoms with van der Waals surface area (Å²) in [4.78, 5) is 2.44. The van der Waals surface area contributed by atoms with E-state index in [9.17, 15) is 5.11 Å². The standard InChI is InChI=1S/C16H26N2O/c1-11(2)8-9-18(13-4-5-13)14-6-7-15(12(3)17)16(19)10-14/h6-7,10-13,19H,4-5,8-9,17H2,1-3H3. The zero-order valence-corrected chi connectivity index (χ0v) is 12.3. The molecule has 1 atom stereocenters. The third-order valence-corrected chi connectivity index (χ3v) is 3.77. The molecule has 1 fully saturated rings. The largest absolute Gasteiger partial charge is 0.508 e. The van der Waals surface area contributed by atoms with Gasteiger partial charge in [0.2, 0.25) is 0 Å². The second-order valence-electron chi connectivity index (χ2n) is 6.14. The number of hydrogen-bond acceptors (Lipinski definition) is 3. The van der Waals surface area contributed by atoms with Crippen molar-refractivity contribution < 1.29 is 5.11 Å². The predicted octanol–water partition coefficient (Wildman–Crippen LogP) is 3.43. The highest BCUT2D eigenvalue weighted by molar-refractivity contribution is 5.55. The smallest absolute Gasteiger partial charge is 0.122 e. The molecule has 0 bridgehead atoms. The third kappa shape index (κ3) is 3.63. The van der Waals surface area contributed by atoms with Crippen LogP contribution in [0.1, 0.15) is 51.6 Å². The molecule has 1 unspecified atom stereocenters. The zero-order valence-electron chi connectivity index (χ0n) is 12.3. The van der Waals surface area contributed by atoms with Crippen molar-refractivity contribution in [3.8, 4) is 5.75 Å². The van der Waals surface area contributed by atoms with E-state index in [4.69, 9.17) is 5.73 Å². The number of phenols is 1. The Morgan fingerprint density at radius 2 is 2.00 bits per heavy atom. The van der Waals surface area contributed by atoms with Crippen LogP contribution in [0.15, 0.2) is 18.2 Å². The Morgan fingerprint density at radius 3 is 2.47 bits per heavy atom. The van der Waals surface area contributed by atoms with Crippen LogP contribution < -0.4 is 10.6 Å². The molecule has 3 heteroatoms. The Balaban J connectivity index is 2.15. The molecule has 0 aliphatic heterocycles. The van der Waals surface area contributed by atoms with Gasteiger partial charge in [-0.1, -0.05) is 19.9 Å². The number of hydrogen-bond donors (Lipinski definition) is 2. The number of nitrogens with zero attached hydrogens (tertiary/aromatic N) is 1. The first kappa shape index (κ1) is 14.2. The van der Waals surface area contributed by atoms with Gasteiger partial charge in [0.1, 0.15) is 5.75 Å². The molecule has 1 aliphatic rings. The van der Waals surface area contributed by atoms with Crippen molar-refractivity contribution in [1.29, 1.82) is 0 Å². The molecule has 1 aromatic rings. The number of benzene rings is 1. The Kier molecular flexibility index (Phi) is 4.35. The van der Waals surface area contributed by atoms with E-state index in [0.29, 0.717) is 17.7 Å². The molecule has 1 saturated carbocycles. The minimum atomic E-state index is -0.126. The van der Waals surface area contributed by atoms with E-state index in [0.717, 1.165) is 17.8 Å². The molecular formula is C16H26N2O. The van der Waals surface area contributed by atoms with Crippen LogP contribution in [0.2, 0.25) is 0 Å². The zero-order chi connectivity index (χ0) is 14.0. The number of aromatic hydroxyl groups is 1. The SMILES string of the molecule is CC(C)CCN(c1ccc(C(C)N)c(O)c1)C1CC1. The maximum Gasteiger partial charge on any atom is 0.122 e. The van der Waals surface area contributed by atoms with Gasteiger partial charge in [-0.3, -0.25) is 0 Å². The van der Waals surface area contributed by atoms with Gasteiger partial charge in [-0.05, 0) is 38.2 Å². The first-order chi connectivity index (χ1) is 8.99. The van der Waals surface area contributed by atoms with E-state index < -0.39 is 0 Å². The summed E-state index contributed by atoms with van der Waals surface area (Å²) in [5, 5.41) is 10.1. The molecule has 0 saturated heterocycles. The third-order valence-electron chi connectivity index (χ3n) is 3.77. The van der Waals surface area contributed by atoms with E-state index in [2.05, 4.69) is 24.8 Å². The first-order valence-corrected chi connectivity index (χ1v) is 7.34. The van der Waals surface area contributed by atoms with E-state index in [1.54, 1.807) is 0 Å². The molecule has 1 aliphatic carbocycles. The monoisotopic (exact) mass is 262 g/mol. The van der Waals surface area contributed by atoms with Crippen LogP contribution in [0, 0.1) is 5.92 Å². The lowest BCUT2D eigenvalue weighted by Crippen LogP contribution is -2.27. The highest BCUT2D eigenvalue weighted by atomic mass is 16.3. The number of rotatable bonds is 6. The fourth-order valence-electron chi connectivity index (χ4n) is 2.40. The maximum absolute atomic E-state index is 10.1. The molecule has 1 aromatic carbocycles. The van der Waals surface area contributed by atoms with Gasteiger partial charge in [0.15, 0.2) is 0 Å². The van der Waals surface area contributed by atoms with Crippen LogP contribution in [-0.2, 0) is 0 Å². The molecular weight excluding hydrogens is 236 g/mol. The molecule has 2 rings (SSSR count). The van der Waals surface area contributed by atoms with Crippen molar-refractivity contribution in [3.63, 3.8) is 0 Å². The topological polar surface area (TPSA) is 49.5 Å². The Bertz CT molecular complexity index is 425. The molecule has 0 spiro atoms. The number of nitrogens with two attached hydrogens (primary N) is 1. The molecule has 0 amide bonds. The first-order valence-electron chi connectivity index (χ1n) is 7.34. The lowest BCUT2D eigenvalue weighted by molar-refractivity contribution is 0.463. The molecule has 0 heterocycles. The van der Waals surface area contributed by atoms with Gasteiger partial charge in [-0.2, -0.15) is 0 Å². The van der Waals surface area contributed by atoms with Gasteiger partial charge >= 0.3 is 0 Å². The van der Waals surface area contributed by atoms with Crippen molar-refractivity contribution >= 4 is 5.69 Å². The molecule has 19 heavy (non-hydrogen) atoms. The molecule has 0 radical (unpaired) electrons. The van der Waals surface area contributed by atoms with Crippen LogP contribution in [-0.4, -0.2) is 17.7 Å². The second-order valence-corrected chi connectivity index (χ2v) is 6.14. The summed E-state index contributed by atoms with van der Waals surface area (Å²) in [7, 11) is 0. The Hall–Kier alpha value is -1.22. The van der Waals surface area contributed by atoms with Crippen molar-refractivity contribution in [3.05, 3.63) is 23.8 Å². The van der Waals surface area contributed by atoms with Gasteiger partial charge in [-0.25, -0.2) is 0 Å². The average molecular weight is 262 g/mol. The van der Waals surface area contributed by atoms with Crippen molar-refractivity contribution in [2.45, 2.75) is 52.1 Å². The number of anilines is 1. The van der Waals surface area contributed by atoms with E-state index in [1.165, 1.54) is 19.3 Å². The van der Waals surface area contributed by atoms with Crippen molar-refractivity contribution in [2.75, 3.05) is 11.4 Å². The fourth-order valence-corrected chi connectivity index (χ4v) is 2.40. The van der Waals surface area contributed by atoms with Crippen LogP contribution in [0.3, 0.4) is 0 Å². The highest BCUT2D eigenvalue weighted by Gasteiger charge is 2.29. The second kappa shape index (κ2) is 5.83. The average Bonchev–Trinajstić information content (AvgIpc) is 3.13. The summed E-state index contributed by atoms with van der Waals surface area (Å²) in [5.74, 6) is 1.03. The minimum absolute atomic E-state index is 0.126. The van der Waals surface area contributed by atoms with Crippen LogP contribution in [0.25, 0.3) is 0 Å². The quantitative estimate of drug-likeness (QED) is 0.825. The fraction of sp³-hybridized carbons (Fsp3) is 0.625. The highest BCUT2D eigenvalue weighted by Crippen LogP contribution is 2.35. The number of phenolic OH excluding ortho intramolecular Hbond substituents is 1. The predicted molar refractivity (Wildman–Crippen MR) is 80.5 cm³/mol. The van der Waals surface area contributed by atoms with E-state index in [1.807, 2.05) is 19.1 Å². The van der Waals surface area contributed by atoms with Crippen LogP contribution in [0.4, 0.5) is 5.69 Å². The molecule has 3 nitrogen and oxygen atoms in total. The van der Waals surface area contributed by atoms with Crippen LogP contribution >= 0.6 is 0 Å². The van der Waals surface area contributed by atoms with Gasteiger partial charge in [0, 0.05) is 35.9 Å². The molecule has 0 aromatic heterocycles. The van der Waals surface area contributed by atoms with E-state index in [-0.39, 0.29) is 6.04 Å². The maximum atomic E-state index is 10.1. The minimum Gasteiger partial charge on any atom is -0.508 e. The summed E-state index contributed by atoms with van der Waals surface area (Å²) in [6.45, 7) is 7.47. The summed E-state index contributed by atoms with van der Waals surface area (Å²) in [6.07, 6.45) is 3.73. The lowest BCUT2D eigenvalue weighted by atomic mass is 10.1. The molecule has 106 valence electrons. The van der Waals surface area contributed by atoms with Crippen LogP contribution in [0.5, 0.6) is 5.75 Å². The molecule has 3 N–H and O–H groups in total. The van der Waals surface area contributed by atoms with Gasteiger partial charge in [0.25, 0.3) is 0 Å². The summed E-state index contributed by atoms with van der Waals surface area (Å²) in [5.41, 5.74) is 7.79. The van der Waals surface area contributed by atoms with Gasteiger partial charge < -0.3 is 15.7 Å². The lowest BCUT2D eigenvalue weighted by Gasteiger charge is -2.26. The normalized spacial score (nSPS) is 16.7. The Labute approximate surface area is 116 Å². The Morgan fingerprint density at radius 1 is 1.32 bits per heavy atom. The van der Waals surface area contributed by atoms with Crippen molar-refractivity contribution in [1.82, 2.24) is 0 Å². The summed E-state index contributed by atoms with van der Waals surface area (Å²) >= 11 is 0. The van der Waals surface area contributed by atoms with Crippen molar-refractivity contribution in [2.24, 2.45) is 11.7 Å². The van der Waals surface area contributed by atoms with E-state index >= 15 is 0 Å². The summed E-state index contributed by atoms with van der Waals surface area (Å²) < 4.78 is 0. The van der Waals surface area contributed by atoms with Gasteiger partial charge in [0.05, 0.1) is 0 Å². The summed E-state index contributed by atoms with van der Waals surface area (Å²) in [6, 6.07) is 6.47. The van der Waals surface area contributed by atoms with Gasteiger partial charge in [-0.15, -0.1) is 0 Å².